The van der Waals surface area contributed by atoms with Gasteiger partial charge in [0, 0.05) is 12.0 Å². The summed E-state index contributed by atoms with van der Waals surface area (Å²) in [6.45, 7) is 8.91. The first kappa shape index (κ1) is 33.4. The van der Waals surface area contributed by atoms with Gasteiger partial charge in [-0.15, -0.1) is 0 Å². The summed E-state index contributed by atoms with van der Waals surface area (Å²) in [5, 5.41) is 0. The maximum Gasteiger partial charge on any atom is 0.338 e. The van der Waals surface area contributed by atoms with Gasteiger partial charge in [-0.3, -0.25) is 4.79 Å². The van der Waals surface area contributed by atoms with Gasteiger partial charge in [0.05, 0.1) is 25.4 Å². The Morgan fingerprint density at radius 1 is 0.857 bits per heavy atom. The van der Waals surface area contributed by atoms with Crippen LogP contribution in [-0.4, -0.2) is 56.3 Å². The van der Waals surface area contributed by atoms with Crippen LogP contribution in [0.4, 0.5) is 0 Å². The minimum Gasteiger partial charge on any atom is -0.493 e. The molecule has 0 radical (unpaired) electrons. The molecule has 1 unspecified atom stereocenters. The quantitative estimate of drug-likeness (QED) is 0.125. The fourth-order valence-electron chi connectivity index (χ4n) is 5.44. The largest absolute Gasteiger partial charge is 0.493 e. The van der Waals surface area contributed by atoms with Gasteiger partial charge in [-0.25, -0.2) is 4.79 Å². The van der Waals surface area contributed by atoms with Crippen LogP contribution in [0.3, 0.4) is 0 Å². The Balaban J connectivity index is 1.55. The zero-order chi connectivity index (χ0) is 29.8. The molecule has 1 aliphatic heterocycles. The van der Waals surface area contributed by atoms with Crippen molar-refractivity contribution in [2.45, 2.75) is 84.5 Å². The van der Waals surface area contributed by atoms with Crippen molar-refractivity contribution >= 4 is 18.0 Å². The molecule has 1 saturated heterocycles. The summed E-state index contributed by atoms with van der Waals surface area (Å²) in [4.78, 5) is 26.4. The smallest absolute Gasteiger partial charge is 0.338 e. The highest BCUT2D eigenvalue weighted by atomic mass is 16.5. The number of rotatable bonds is 19. The van der Waals surface area contributed by atoms with E-state index >= 15 is 0 Å². The van der Waals surface area contributed by atoms with Crippen molar-refractivity contribution < 1.29 is 23.8 Å². The topological polar surface area (TPSA) is 65.1 Å². The molecule has 6 nitrogen and oxygen atoms in total. The molecule has 2 aromatic carbocycles. The summed E-state index contributed by atoms with van der Waals surface area (Å²) < 4.78 is 16.4. The standard InChI is InChI=1S/C36H51NO5/c1-3-40-35(38)18-10-7-15-30(29-31-20-23-33(24-21-31)36(39)41-4-2)19-22-32-16-8-9-17-34(32)42-28-14-6-13-27-37-25-11-5-12-26-37/h8-9,16-17,19-24,30H,3-7,10-15,18,25-29H2,1-2H3/b22-19+. The number of carbonyl (C=O) groups is 2. The van der Waals surface area contributed by atoms with Crippen LogP contribution < -0.4 is 4.74 Å². The average Bonchev–Trinajstić information content (AvgIpc) is 3.01. The van der Waals surface area contributed by atoms with Gasteiger partial charge in [0.1, 0.15) is 5.75 Å². The number of piperidine rings is 1. The van der Waals surface area contributed by atoms with Crippen LogP contribution in [0, 0.1) is 5.92 Å². The van der Waals surface area contributed by atoms with E-state index in [4.69, 9.17) is 14.2 Å². The molecule has 0 spiro atoms. The lowest BCUT2D eigenvalue weighted by atomic mass is 9.92. The molecule has 3 rings (SSSR count). The van der Waals surface area contributed by atoms with Crippen LogP contribution in [0.25, 0.3) is 6.08 Å². The summed E-state index contributed by atoms with van der Waals surface area (Å²) >= 11 is 0. The highest BCUT2D eigenvalue weighted by Gasteiger charge is 2.12. The lowest BCUT2D eigenvalue weighted by Gasteiger charge is -2.26. The van der Waals surface area contributed by atoms with E-state index in [2.05, 4.69) is 29.2 Å². The third-order valence-electron chi connectivity index (χ3n) is 7.77. The molecule has 0 aliphatic carbocycles. The maximum atomic E-state index is 12.1. The van der Waals surface area contributed by atoms with E-state index in [0.717, 1.165) is 55.6 Å². The molecule has 0 aromatic heterocycles. The van der Waals surface area contributed by atoms with Gasteiger partial charge in [-0.05, 0) is 115 Å². The SMILES string of the molecule is CCOC(=O)CCCCC(/C=C/c1ccccc1OCCCCCN1CCCCC1)Cc1ccc(C(=O)OCC)cc1. The number of esters is 2. The number of carbonyl (C=O) groups excluding carboxylic acids is 2. The van der Waals surface area contributed by atoms with E-state index in [9.17, 15) is 9.59 Å². The Hall–Kier alpha value is -3.12. The van der Waals surface area contributed by atoms with Gasteiger partial charge >= 0.3 is 11.9 Å². The van der Waals surface area contributed by atoms with Crippen LogP contribution in [-0.2, 0) is 20.7 Å². The molecule has 0 saturated carbocycles. The Labute approximate surface area is 253 Å². The number of allylic oxidation sites excluding steroid dienone is 1. The molecule has 42 heavy (non-hydrogen) atoms. The Morgan fingerprint density at radius 2 is 1.62 bits per heavy atom. The number of benzene rings is 2. The predicted molar refractivity (Wildman–Crippen MR) is 170 cm³/mol. The first-order valence-electron chi connectivity index (χ1n) is 16.1. The van der Waals surface area contributed by atoms with Gasteiger partial charge < -0.3 is 19.1 Å². The van der Waals surface area contributed by atoms with Crippen molar-refractivity contribution in [1.29, 1.82) is 0 Å². The van der Waals surface area contributed by atoms with Gasteiger partial charge in [0.15, 0.2) is 0 Å². The van der Waals surface area contributed by atoms with Gasteiger partial charge in [-0.2, -0.15) is 0 Å². The summed E-state index contributed by atoms with van der Waals surface area (Å²) in [6.07, 6.45) is 16.0. The number of unbranched alkanes of at least 4 members (excludes halogenated alkanes) is 3. The monoisotopic (exact) mass is 577 g/mol. The molecule has 1 aliphatic rings. The second-order valence-electron chi connectivity index (χ2n) is 11.1. The van der Waals surface area contributed by atoms with Crippen molar-refractivity contribution in [3.05, 3.63) is 71.3 Å². The van der Waals surface area contributed by atoms with Crippen molar-refractivity contribution in [2.75, 3.05) is 39.5 Å². The normalized spacial score (nSPS) is 14.5. The minimum atomic E-state index is -0.293. The third-order valence-corrected chi connectivity index (χ3v) is 7.77. The average molecular weight is 578 g/mol. The van der Waals surface area contributed by atoms with Crippen molar-refractivity contribution in [2.24, 2.45) is 5.92 Å². The van der Waals surface area contributed by atoms with Crippen LogP contribution in [0.15, 0.2) is 54.6 Å². The van der Waals surface area contributed by atoms with Crippen LogP contribution in [0.2, 0.25) is 0 Å². The molecule has 1 heterocycles. The van der Waals surface area contributed by atoms with Crippen LogP contribution >= 0.6 is 0 Å². The van der Waals surface area contributed by atoms with Gasteiger partial charge in [0.25, 0.3) is 0 Å². The summed E-state index contributed by atoms with van der Waals surface area (Å²) in [6, 6.07) is 15.9. The fraction of sp³-hybridized carbons (Fsp3) is 0.556. The lowest BCUT2D eigenvalue weighted by molar-refractivity contribution is -0.143. The van der Waals surface area contributed by atoms with Gasteiger partial charge in [0.2, 0.25) is 0 Å². The highest BCUT2D eigenvalue weighted by Crippen LogP contribution is 2.24. The predicted octanol–water partition coefficient (Wildman–Crippen LogP) is 7.89. The second-order valence-corrected chi connectivity index (χ2v) is 11.1. The van der Waals surface area contributed by atoms with Crippen molar-refractivity contribution in [3.8, 4) is 5.75 Å². The Morgan fingerprint density at radius 3 is 2.38 bits per heavy atom. The Bertz CT molecular complexity index is 1070. The fourth-order valence-corrected chi connectivity index (χ4v) is 5.44. The number of nitrogens with zero attached hydrogens (tertiary/aromatic N) is 1. The number of para-hydroxylation sites is 1. The second kappa shape index (κ2) is 19.9. The number of ether oxygens (including phenoxy) is 3. The number of hydrogen-bond donors (Lipinski definition) is 0. The van der Waals surface area contributed by atoms with Crippen LogP contribution in [0.5, 0.6) is 5.75 Å². The van der Waals surface area contributed by atoms with Gasteiger partial charge in [-0.1, -0.05) is 55.3 Å². The molecule has 6 heteroatoms. The molecule has 0 amide bonds. The summed E-state index contributed by atoms with van der Waals surface area (Å²) in [5.41, 5.74) is 2.82. The number of likely N-dealkylation sites (tertiary alicyclic amines) is 1. The molecule has 1 atom stereocenters. The first-order valence-corrected chi connectivity index (χ1v) is 16.1. The number of hydrogen-bond acceptors (Lipinski definition) is 6. The van der Waals surface area contributed by atoms with Crippen molar-refractivity contribution in [3.63, 3.8) is 0 Å². The van der Waals surface area contributed by atoms with E-state index in [1.807, 2.05) is 50.2 Å². The molecule has 1 fully saturated rings. The lowest BCUT2D eigenvalue weighted by Crippen LogP contribution is -2.30. The molecular formula is C36H51NO5. The summed E-state index contributed by atoms with van der Waals surface area (Å²) in [5.74, 6) is 0.780. The first-order chi connectivity index (χ1) is 20.6. The minimum absolute atomic E-state index is 0.128. The van der Waals surface area contributed by atoms with E-state index < -0.39 is 0 Å². The zero-order valence-electron chi connectivity index (χ0n) is 25.9. The van der Waals surface area contributed by atoms with E-state index in [-0.39, 0.29) is 17.9 Å². The molecule has 230 valence electrons. The molecular weight excluding hydrogens is 526 g/mol. The van der Waals surface area contributed by atoms with E-state index in [1.54, 1.807) is 0 Å². The summed E-state index contributed by atoms with van der Waals surface area (Å²) in [7, 11) is 0. The molecule has 0 N–H and O–H groups in total. The zero-order valence-corrected chi connectivity index (χ0v) is 25.9. The molecule has 0 bridgehead atoms. The maximum absolute atomic E-state index is 12.1. The van der Waals surface area contributed by atoms with Crippen LogP contribution in [0.1, 0.15) is 99.5 Å². The van der Waals surface area contributed by atoms with E-state index in [1.165, 1.54) is 51.7 Å². The third kappa shape index (κ3) is 12.8. The molecule has 2 aromatic rings. The Kier molecular flexibility index (Phi) is 15.8. The van der Waals surface area contributed by atoms with E-state index in [0.29, 0.717) is 25.2 Å². The highest BCUT2D eigenvalue weighted by molar-refractivity contribution is 5.89. The van der Waals surface area contributed by atoms with Crippen molar-refractivity contribution in [1.82, 2.24) is 4.90 Å².